The van der Waals surface area contributed by atoms with Crippen molar-refractivity contribution in [2.24, 2.45) is 0 Å². The number of nitrogens with zero attached hydrogens (tertiary/aromatic N) is 2. The van der Waals surface area contributed by atoms with Crippen LogP contribution < -0.4 is 0 Å². The molecule has 3 aromatic rings. The van der Waals surface area contributed by atoms with Crippen molar-refractivity contribution in [2.75, 3.05) is 13.7 Å². The Hall–Kier alpha value is -3.47. The van der Waals surface area contributed by atoms with E-state index in [1.54, 1.807) is 12.3 Å². The summed E-state index contributed by atoms with van der Waals surface area (Å²) >= 11 is 0. The number of carbonyl (C=O) groups is 2. The molecule has 2 aromatic carbocycles. The van der Waals surface area contributed by atoms with Gasteiger partial charge in [0, 0.05) is 29.8 Å². The van der Waals surface area contributed by atoms with Gasteiger partial charge in [0.05, 0.1) is 12.6 Å². The van der Waals surface area contributed by atoms with Gasteiger partial charge in [-0.1, -0.05) is 48.5 Å². The maximum atomic E-state index is 12.8. The number of benzene rings is 2. The van der Waals surface area contributed by atoms with Crippen LogP contribution >= 0.6 is 0 Å². The predicted octanol–water partition coefficient (Wildman–Crippen LogP) is 3.76. The summed E-state index contributed by atoms with van der Waals surface area (Å²) in [7, 11) is 1.32. The van der Waals surface area contributed by atoms with Gasteiger partial charge in [-0.05, 0) is 30.2 Å². The topological polar surface area (TPSA) is 59.5 Å². The molecule has 0 N–H and O–H groups in total. The van der Waals surface area contributed by atoms with Crippen LogP contribution in [0.3, 0.4) is 0 Å². The fourth-order valence-corrected chi connectivity index (χ4v) is 2.95. The smallest absolute Gasteiger partial charge is 0.325 e. The van der Waals surface area contributed by atoms with Gasteiger partial charge in [-0.3, -0.25) is 14.6 Å². The number of methoxy groups -OCH3 is 1. The highest BCUT2D eigenvalue weighted by Gasteiger charge is 2.17. The Kier molecular flexibility index (Phi) is 6.17. The lowest BCUT2D eigenvalue weighted by molar-refractivity contribution is -0.145. The minimum atomic E-state index is -0.456. The highest BCUT2D eigenvalue weighted by atomic mass is 16.5. The van der Waals surface area contributed by atoms with Crippen LogP contribution in [0.4, 0.5) is 0 Å². The Morgan fingerprint density at radius 2 is 1.86 bits per heavy atom. The standard InChI is InChI=1S/C23H22N2O3/c1-17-7-3-4-8-20(17)15-25(16-22(27)28-2)21(26)13-12-19-10-5-9-18-11-6-14-24-23(18)19/h3-14H,15-16H2,1-2H3/b13-12+. The second-order valence-electron chi connectivity index (χ2n) is 6.45. The normalized spacial score (nSPS) is 10.9. The lowest BCUT2D eigenvalue weighted by atomic mass is 10.1. The second kappa shape index (κ2) is 8.95. The van der Waals surface area contributed by atoms with E-state index in [-0.39, 0.29) is 12.5 Å². The van der Waals surface area contributed by atoms with E-state index in [1.165, 1.54) is 18.1 Å². The number of carbonyl (C=O) groups excluding carboxylic acids is 2. The number of rotatable bonds is 6. The van der Waals surface area contributed by atoms with Crippen molar-refractivity contribution in [3.8, 4) is 0 Å². The van der Waals surface area contributed by atoms with Crippen LogP contribution in [0.1, 0.15) is 16.7 Å². The molecule has 0 aliphatic heterocycles. The van der Waals surface area contributed by atoms with Gasteiger partial charge in [-0.2, -0.15) is 0 Å². The van der Waals surface area contributed by atoms with Crippen molar-refractivity contribution >= 4 is 28.9 Å². The van der Waals surface area contributed by atoms with Gasteiger partial charge in [0.2, 0.25) is 5.91 Å². The average molecular weight is 374 g/mol. The SMILES string of the molecule is COC(=O)CN(Cc1ccccc1C)C(=O)/C=C/c1cccc2cccnc12. The van der Waals surface area contributed by atoms with Crippen molar-refractivity contribution in [1.29, 1.82) is 0 Å². The van der Waals surface area contributed by atoms with Gasteiger partial charge in [0.15, 0.2) is 0 Å². The van der Waals surface area contributed by atoms with Crippen LogP contribution in [0.5, 0.6) is 0 Å². The summed E-state index contributed by atoms with van der Waals surface area (Å²) in [4.78, 5) is 30.5. The first-order valence-corrected chi connectivity index (χ1v) is 9.00. The highest BCUT2D eigenvalue weighted by molar-refractivity contribution is 5.96. The Morgan fingerprint density at radius 1 is 1.07 bits per heavy atom. The molecule has 1 amide bonds. The van der Waals surface area contributed by atoms with Crippen molar-refractivity contribution in [3.63, 3.8) is 0 Å². The van der Waals surface area contributed by atoms with E-state index in [1.807, 2.05) is 61.5 Å². The summed E-state index contributed by atoms with van der Waals surface area (Å²) in [5.74, 6) is -0.719. The molecule has 3 rings (SSSR count). The quantitative estimate of drug-likeness (QED) is 0.487. The molecule has 142 valence electrons. The van der Waals surface area contributed by atoms with Crippen LogP contribution in [-0.2, 0) is 20.9 Å². The van der Waals surface area contributed by atoms with Crippen molar-refractivity contribution in [3.05, 3.63) is 83.6 Å². The Balaban J connectivity index is 1.85. The van der Waals surface area contributed by atoms with Crippen LogP contribution in [-0.4, -0.2) is 35.4 Å². The molecule has 0 fully saturated rings. The number of hydrogen-bond acceptors (Lipinski definition) is 4. The van der Waals surface area contributed by atoms with Gasteiger partial charge >= 0.3 is 5.97 Å². The molecule has 1 aromatic heterocycles. The monoisotopic (exact) mass is 374 g/mol. The van der Waals surface area contributed by atoms with E-state index in [0.29, 0.717) is 6.54 Å². The molecule has 0 aliphatic rings. The fraction of sp³-hybridized carbons (Fsp3) is 0.174. The Morgan fingerprint density at radius 3 is 2.64 bits per heavy atom. The first kappa shape index (κ1) is 19.3. The minimum absolute atomic E-state index is 0.109. The van der Waals surface area contributed by atoms with E-state index >= 15 is 0 Å². The molecule has 0 aliphatic carbocycles. The number of amides is 1. The predicted molar refractivity (Wildman–Crippen MR) is 109 cm³/mol. The average Bonchev–Trinajstić information content (AvgIpc) is 2.72. The number of aryl methyl sites for hydroxylation is 1. The summed E-state index contributed by atoms with van der Waals surface area (Å²) in [6.07, 6.45) is 4.94. The lowest BCUT2D eigenvalue weighted by Crippen LogP contribution is -2.34. The maximum absolute atomic E-state index is 12.8. The largest absolute Gasteiger partial charge is 0.468 e. The van der Waals surface area contributed by atoms with Gasteiger partial charge in [-0.25, -0.2) is 0 Å². The van der Waals surface area contributed by atoms with E-state index < -0.39 is 5.97 Å². The van der Waals surface area contributed by atoms with Gasteiger partial charge < -0.3 is 9.64 Å². The van der Waals surface area contributed by atoms with Crippen molar-refractivity contribution in [1.82, 2.24) is 9.88 Å². The molecule has 5 nitrogen and oxygen atoms in total. The van der Waals surface area contributed by atoms with Crippen molar-refractivity contribution < 1.29 is 14.3 Å². The zero-order valence-corrected chi connectivity index (χ0v) is 16.0. The van der Waals surface area contributed by atoms with E-state index in [2.05, 4.69) is 4.98 Å². The number of ether oxygens (including phenoxy) is 1. The minimum Gasteiger partial charge on any atom is -0.468 e. The molecule has 0 radical (unpaired) electrons. The number of pyridine rings is 1. The highest BCUT2D eigenvalue weighted by Crippen LogP contribution is 2.18. The zero-order valence-electron chi connectivity index (χ0n) is 16.0. The molecule has 0 bridgehead atoms. The van der Waals surface area contributed by atoms with Gasteiger partial charge in [0.25, 0.3) is 0 Å². The third-order valence-corrected chi connectivity index (χ3v) is 4.55. The molecular formula is C23H22N2O3. The molecule has 0 unspecified atom stereocenters. The number of para-hydroxylation sites is 1. The zero-order chi connectivity index (χ0) is 19.9. The number of fused-ring (bicyclic) bond motifs is 1. The number of esters is 1. The van der Waals surface area contributed by atoms with E-state index in [4.69, 9.17) is 4.74 Å². The number of hydrogen-bond donors (Lipinski definition) is 0. The third kappa shape index (κ3) is 4.62. The molecule has 1 heterocycles. The maximum Gasteiger partial charge on any atom is 0.325 e. The van der Waals surface area contributed by atoms with Crippen molar-refractivity contribution in [2.45, 2.75) is 13.5 Å². The molecule has 5 heteroatoms. The summed E-state index contributed by atoms with van der Waals surface area (Å²) in [6.45, 7) is 2.20. The molecule has 0 spiro atoms. The summed E-state index contributed by atoms with van der Waals surface area (Å²) in [5.41, 5.74) is 3.72. The lowest BCUT2D eigenvalue weighted by Gasteiger charge is -2.21. The summed E-state index contributed by atoms with van der Waals surface area (Å²) < 4.78 is 4.75. The first-order valence-electron chi connectivity index (χ1n) is 9.00. The molecular weight excluding hydrogens is 352 g/mol. The van der Waals surface area contributed by atoms with Crippen LogP contribution in [0.25, 0.3) is 17.0 Å². The fourth-order valence-electron chi connectivity index (χ4n) is 2.95. The van der Waals surface area contributed by atoms with Crippen LogP contribution in [0.2, 0.25) is 0 Å². The van der Waals surface area contributed by atoms with Crippen LogP contribution in [0, 0.1) is 6.92 Å². The Labute approximate surface area is 164 Å². The molecule has 28 heavy (non-hydrogen) atoms. The molecule has 0 saturated heterocycles. The molecule has 0 saturated carbocycles. The molecule has 0 atom stereocenters. The summed E-state index contributed by atoms with van der Waals surface area (Å²) in [5, 5.41) is 1.00. The van der Waals surface area contributed by atoms with Gasteiger partial charge in [-0.15, -0.1) is 0 Å². The van der Waals surface area contributed by atoms with E-state index in [9.17, 15) is 9.59 Å². The second-order valence-corrected chi connectivity index (χ2v) is 6.45. The number of aromatic nitrogens is 1. The Bertz CT molecular complexity index is 1020. The van der Waals surface area contributed by atoms with E-state index in [0.717, 1.165) is 27.6 Å². The first-order chi connectivity index (χ1) is 13.6. The summed E-state index contributed by atoms with van der Waals surface area (Å²) in [6, 6.07) is 17.4. The van der Waals surface area contributed by atoms with Crippen LogP contribution in [0.15, 0.2) is 66.9 Å². The van der Waals surface area contributed by atoms with Gasteiger partial charge in [0.1, 0.15) is 6.54 Å². The third-order valence-electron chi connectivity index (χ3n) is 4.55.